The Kier molecular flexibility index (Phi) is 5.85. The van der Waals surface area contributed by atoms with E-state index in [4.69, 9.17) is 16.3 Å². The summed E-state index contributed by atoms with van der Waals surface area (Å²) in [4.78, 5) is 1.34. The molecule has 136 valence electrons. The van der Waals surface area contributed by atoms with Crippen molar-refractivity contribution >= 4 is 11.6 Å². The van der Waals surface area contributed by atoms with Gasteiger partial charge in [0.1, 0.15) is 36.4 Å². The quantitative estimate of drug-likeness (QED) is 0.581. The maximum Gasteiger partial charge on any atom is 0.128 e. The minimum atomic E-state index is -1.48. The Bertz CT molecular complexity index is 826. The van der Waals surface area contributed by atoms with Crippen LogP contribution in [0.4, 0.5) is 0 Å². The summed E-state index contributed by atoms with van der Waals surface area (Å²) in [6.45, 7) is -0.202. The highest BCUT2D eigenvalue weighted by molar-refractivity contribution is 6.30. The smallest absolute Gasteiger partial charge is 0.128 e. The number of nitrogens with zero attached hydrogens (tertiary/aromatic N) is 3. The summed E-state index contributed by atoms with van der Waals surface area (Å²) in [7, 11) is 0. The highest BCUT2D eigenvalue weighted by Crippen LogP contribution is 2.20. The first-order chi connectivity index (χ1) is 12.5. The Morgan fingerprint density at radius 1 is 1.00 bits per heavy atom. The van der Waals surface area contributed by atoms with E-state index in [1.165, 1.54) is 11.0 Å². The summed E-state index contributed by atoms with van der Waals surface area (Å²) in [6.07, 6.45) is -2.87. The molecule has 0 radical (unpaired) electrons. The van der Waals surface area contributed by atoms with Crippen molar-refractivity contribution in [2.45, 2.75) is 18.3 Å². The molecule has 1 aromatic heterocycles. The minimum absolute atomic E-state index is 0.145. The zero-order valence-electron chi connectivity index (χ0n) is 13.7. The van der Waals surface area contributed by atoms with Crippen LogP contribution in [-0.4, -0.2) is 49.1 Å². The molecule has 3 atom stereocenters. The van der Waals surface area contributed by atoms with Gasteiger partial charge in [0.15, 0.2) is 0 Å². The summed E-state index contributed by atoms with van der Waals surface area (Å²) in [5.74, 6) is 0.491. The van der Waals surface area contributed by atoms with Gasteiger partial charge in [0.05, 0.1) is 11.9 Å². The molecule has 0 saturated carbocycles. The fourth-order valence-electron chi connectivity index (χ4n) is 2.29. The first kappa shape index (κ1) is 18.3. The molecule has 3 N–H and O–H groups in total. The Morgan fingerprint density at radius 3 is 2.38 bits per heavy atom. The number of benzene rings is 2. The van der Waals surface area contributed by atoms with Gasteiger partial charge < -0.3 is 20.1 Å². The Labute approximate surface area is 155 Å². The van der Waals surface area contributed by atoms with Crippen LogP contribution in [0.2, 0.25) is 5.02 Å². The molecule has 3 unspecified atom stereocenters. The molecule has 0 spiro atoms. The standard InChI is InChI=1S/C18H18ClN3O4/c19-12-6-8-14(9-7-12)26-11-16(23)18(25)17(24)15-10-20-22(21-15)13-4-2-1-3-5-13/h1-10,16-18,23-25H,11H2. The number of ether oxygens (including phenoxy) is 1. The third kappa shape index (κ3) is 4.39. The molecule has 0 fully saturated rings. The summed E-state index contributed by atoms with van der Waals surface area (Å²) in [5, 5.41) is 39.3. The van der Waals surface area contributed by atoms with Gasteiger partial charge in [-0.3, -0.25) is 0 Å². The van der Waals surface area contributed by atoms with Crippen LogP contribution in [0, 0.1) is 0 Å². The number of aliphatic hydroxyl groups excluding tert-OH is 3. The second kappa shape index (κ2) is 8.29. The van der Waals surface area contributed by atoms with E-state index in [2.05, 4.69) is 10.2 Å². The van der Waals surface area contributed by atoms with Crippen LogP contribution >= 0.6 is 11.6 Å². The van der Waals surface area contributed by atoms with Gasteiger partial charge >= 0.3 is 0 Å². The van der Waals surface area contributed by atoms with Gasteiger partial charge in [-0.05, 0) is 36.4 Å². The van der Waals surface area contributed by atoms with Gasteiger partial charge in [0.25, 0.3) is 0 Å². The van der Waals surface area contributed by atoms with Gasteiger partial charge in [-0.2, -0.15) is 15.0 Å². The van der Waals surface area contributed by atoms with Gasteiger partial charge in [-0.25, -0.2) is 0 Å². The fraction of sp³-hybridized carbons (Fsp3) is 0.222. The van der Waals surface area contributed by atoms with E-state index in [0.29, 0.717) is 16.5 Å². The second-order valence-corrected chi connectivity index (χ2v) is 6.10. The molecule has 3 rings (SSSR count). The van der Waals surface area contributed by atoms with Crippen LogP contribution in [0.5, 0.6) is 5.75 Å². The first-order valence-corrected chi connectivity index (χ1v) is 8.32. The van der Waals surface area contributed by atoms with Gasteiger partial charge in [-0.1, -0.05) is 29.8 Å². The van der Waals surface area contributed by atoms with Crippen molar-refractivity contribution in [3.05, 3.63) is 71.5 Å². The Morgan fingerprint density at radius 2 is 1.69 bits per heavy atom. The molecule has 0 aliphatic carbocycles. The maximum absolute atomic E-state index is 10.3. The van der Waals surface area contributed by atoms with Crippen molar-refractivity contribution in [2.75, 3.05) is 6.61 Å². The number of hydrogen-bond acceptors (Lipinski definition) is 6. The minimum Gasteiger partial charge on any atom is -0.491 e. The lowest BCUT2D eigenvalue weighted by Crippen LogP contribution is -2.36. The number of hydrogen-bond donors (Lipinski definition) is 3. The van der Waals surface area contributed by atoms with E-state index >= 15 is 0 Å². The Hall–Kier alpha value is -2.45. The average molecular weight is 376 g/mol. The molecule has 26 heavy (non-hydrogen) atoms. The third-order valence-electron chi connectivity index (χ3n) is 3.75. The molecule has 7 nitrogen and oxygen atoms in total. The number of para-hydroxylation sites is 1. The number of aliphatic hydroxyl groups is 3. The highest BCUT2D eigenvalue weighted by atomic mass is 35.5. The molecule has 0 bridgehead atoms. The van der Waals surface area contributed by atoms with E-state index in [1.54, 1.807) is 36.4 Å². The fourth-order valence-corrected chi connectivity index (χ4v) is 2.42. The molecule has 0 aliphatic rings. The van der Waals surface area contributed by atoms with Gasteiger partial charge in [0, 0.05) is 5.02 Å². The number of halogens is 1. The van der Waals surface area contributed by atoms with E-state index in [1.807, 2.05) is 18.2 Å². The van der Waals surface area contributed by atoms with Crippen molar-refractivity contribution in [3.63, 3.8) is 0 Å². The predicted molar refractivity (Wildman–Crippen MR) is 95.3 cm³/mol. The zero-order chi connectivity index (χ0) is 18.5. The zero-order valence-corrected chi connectivity index (χ0v) is 14.4. The van der Waals surface area contributed by atoms with Crippen LogP contribution < -0.4 is 4.74 Å². The summed E-state index contributed by atoms with van der Waals surface area (Å²) < 4.78 is 5.38. The molecule has 2 aromatic carbocycles. The van der Waals surface area contributed by atoms with Crippen LogP contribution in [0.15, 0.2) is 60.8 Å². The molecule has 3 aromatic rings. The third-order valence-corrected chi connectivity index (χ3v) is 4.00. The average Bonchev–Trinajstić information content (AvgIpc) is 3.17. The van der Waals surface area contributed by atoms with Gasteiger partial charge in [0.2, 0.25) is 0 Å². The summed E-state index contributed by atoms with van der Waals surface area (Å²) >= 11 is 5.79. The summed E-state index contributed by atoms with van der Waals surface area (Å²) in [6, 6.07) is 15.7. The van der Waals surface area contributed by atoms with E-state index in [0.717, 1.165) is 0 Å². The predicted octanol–water partition coefficient (Wildman–Crippen LogP) is 1.75. The van der Waals surface area contributed by atoms with E-state index in [9.17, 15) is 15.3 Å². The van der Waals surface area contributed by atoms with Crippen molar-refractivity contribution in [1.82, 2.24) is 15.0 Å². The van der Waals surface area contributed by atoms with E-state index in [-0.39, 0.29) is 12.3 Å². The number of aromatic nitrogens is 3. The molecule has 0 amide bonds. The van der Waals surface area contributed by atoms with Crippen LogP contribution in [0.25, 0.3) is 5.69 Å². The topological polar surface area (TPSA) is 101 Å². The highest BCUT2D eigenvalue weighted by Gasteiger charge is 2.28. The molecule has 0 saturated heterocycles. The normalized spacial score (nSPS) is 14.6. The van der Waals surface area contributed by atoms with Crippen LogP contribution in [-0.2, 0) is 0 Å². The van der Waals surface area contributed by atoms with Gasteiger partial charge in [-0.15, -0.1) is 0 Å². The summed E-state index contributed by atoms with van der Waals surface area (Å²) in [5.41, 5.74) is 0.860. The first-order valence-electron chi connectivity index (χ1n) is 7.95. The molecule has 0 aliphatic heterocycles. The molecular formula is C18H18ClN3O4. The lowest BCUT2D eigenvalue weighted by Gasteiger charge is -2.21. The van der Waals surface area contributed by atoms with Crippen molar-refractivity contribution in [3.8, 4) is 11.4 Å². The number of rotatable bonds is 7. The van der Waals surface area contributed by atoms with E-state index < -0.39 is 18.3 Å². The van der Waals surface area contributed by atoms with Crippen molar-refractivity contribution < 1.29 is 20.1 Å². The maximum atomic E-state index is 10.3. The molecule has 1 heterocycles. The lowest BCUT2D eigenvalue weighted by atomic mass is 10.1. The van der Waals surface area contributed by atoms with Crippen molar-refractivity contribution in [2.24, 2.45) is 0 Å². The molecule has 8 heteroatoms. The SMILES string of the molecule is OC(COc1ccc(Cl)cc1)C(O)C(O)c1cnn(-c2ccccc2)n1. The Balaban J connectivity index is 1.60. The largest absolute Gasteiger partial charge is 0.491 e. The molecular weight excluding hydrogens is 358 g/mol. The monoisotopic (exact) mass is 375 g/mol. The second-order valence-electron chi connectivity index (χ2n) is 5.66. The van der Waals surface area contributed by atoms with Crippen molar-refractivity contribution in [1.29, 1.82) is 0 Å². The van der Waals surface area contributed by atoms with Crippen LogP contribution in [0.1, 0.15) is 11.8 Å². The lowest BCUT2D eigenvalue weighted by molar-refractivity contribution is -0.0755. The van der Waals surface area contributed by atoms with Crippen LogP contribution in [0.3, 0.4) is 0 Å².